The van der Waals surface area contributed by atoms with Gasteiger partial charge in [0.05, 0.1) is 11.9 Å². The molecule has 0 radical (unpaired) electrons. The number of hydrogen-bond donors (Lipinski definition) is 3. The summed E-state index contributed by atoms with van der Waals surface area (Å²) in [5, 5.41) is 20.8. The number of rotatable bonds is 11. The largest absolute Gasteiger partial charge is 0.414 e. The average molecular weight is 509 g/mol. The second-order valence-corrected chi connectivity index (χ2v) is 10.0. The maximum atomic E-state index is 12.6. The lowest BCUT2D eigenvalue weighted by molar-refractivity contribution is 0.289. The number of aliphatic hydroxyl groups excluding tert-OH is 1. The van der Waals surface area contributed by atoms with E-state index in [1.54, 1.807) is 24.9 Å². The van der Waals surface area contributed by atoms with E-state index in [9.17, 15) is 4.39 Å². The third-order valence-corrected chi connectivity index (χ3v) is 6.72. The monoisotopic (exact) mass is 508 g/mol. The van der Waals surface area contributed by atoms with Crippen LogP contribution in [0, 0.1) is 0 Å². The summed E-state index contributed by atoms with van der Waals surface area (Å²) >= 11 is 1.71. The number of benzene rings is 2. The van der Waals surface area contributed by atoms with Gasteiger partial charge in [0.15, 0.2) is 11.5 Å². The molecule has 0 amide bonds. The second kappa shape index (κ2) is 12.1. The van der Waals surface area contributed by atoms with Gasteiger partial charge >= 0.3 is 0 Å². The van der Waals surface area contributed by atoms with E-state index in [-0.39, 0.29) is 24.4 Å². The molecule has 10 heteroatoms. The fraction of sp³-hybridized carbons (Fsp3) is 0.308. The van der Waals surface area contributed by atoms with Crippen LogP contribution in [-0.4, -0.2) is 49.8 Å². The third-order valence-electron chi connectivity index (χ3n) is 5.54. The molecule has 0 spiro atoms. The summed E-state index contributed by atoms with van der Waals surface area (Å²) in [4.78, 5) is 10.0. The van der Waals surface area contributed by atoms with Crippen LogP contribution in [-0.2, 0) is 6.54 Å². The van der Waals surface area contributed by atoms with Gasteiger partial charge in [0, 0.05) is 40.5 Å². The van der Waals surface area contributed by atoms with Crippen LogP contribution in [0.4, 0.5) is 10.2 Å². The Balaban J connectivity index is 1.50. The summed E-state index contributed by atoms with van der Waals surface area (Å²) in [6, 6.07) is 15.4. The molecule has 36 heavy (non-hydrogen) atoms. The molecule has 2 unspecified atom stereocenters. The molecule has 2 atom stereocenters. The molecule has 0 saturated carbocycles. The fourth-order valence-corrected chi connectivity index (χ4v) is 4.40. The van der Waals surface area contributed by atoms with E-state index in [0.717, 1.165) is 28.0 Å². The van der Waals surface area contributed by atoms with E-state index in [4.69, 9.17) is 15.3 Å². The van der Waals surface area contributed by atoms with E-state index in [1.165, 1.54) is 0 Å². The molecule has 0 fully saturated rings. The predicted molar refractivity (Wildman–Crippen MR) is 140 cm³/mol. The number of alkyl halides is 1. The number of aromatic nitrogens is 4. The van der Waals surface area contributed by atoms with Crippen molar-refractivity contribution in [2.45, 2.75) is 43.0 Å². The Morgan fingerprint density at radius 3 is 2.42 bits per heavy atom. The van der Waals surface area contributed by atoms with Crippen molar-refractivity contribution in [2.75, 3.05) is 19.0 Å². The molecule has 4 rings (SSSR count). The molecule has 8 nitrogen and oxygen atoms in total. The summed E-state index contributed by atoms with van der Waals surface area (Å²) in [7, 11) is 0. The van der Waals surface area contributed by atoms with Gasteiger partial charge in [-0.2, -0.15) is 0 Å². The van der Waals surface area contributed by atoms with Crippen LogP contribution in [0.15, 0.2) is 64.0 Å². The van der Waals surface area contributed by atoms with Crippen LogP contribution >= 0.6 is 11.8 Å². The van der Waals surface area contributed by atoms with Crippen LogP contribution in [0.1, 0.15) is 25.8 Å². The molecule has 188 valence electrons. The van der Waals surface area contributed by atoms with E-state index in [2.05, 4.69) is 32.4 Å². The molecule has 2 aromatic carbocycles. The Morgan fingerprint density at radius 1 is 1.03 bits per heavy atom. The van der Waals surface area contributed by atoms with E-state index >= 15 is 0 Å². The van der Waals surface area contributed by atoms with Gasteiger partial charge in [0.25, 0.3) is 5.89 Å². The summed E-state index contributed by atoms with van der Waals surface area (Å²) in [6.45, 7) is 4.22. The van der Waals surface area contributed by atoms with Crippen molar-refractivity contribution in [3.63, 3.8) is 0 Å². The highest BCUT2D eigenvalue weighted by Gasteiger charge is 2.17. The Hall–Kier alpha value is -3.34. The number of nitrogens with one attached hydrogen (secondary N) is 1. The summed E-state index contributed by atoms with van der Waals surface area (Å²) in [5.74, 6) is 0.721. The lowest BCUT2D eigenvalue weighted by Gasteiger charge is -2.10. The number of hydrogen-bond acceptors (Lipinski definition) is 9. The number of nitrogens with two attached hydrogens (primary N) is 1. The first-order chi connectivity index (χ1) is 17.5. The van der Waals surface area contributed by atoms with Gasteiger partial charge in [0.1, 0.15) is 6.67 Å². The molecule has 0 aliphatic rings. The molecule has 0 aliphatic carbocycles. The molecule has 0 bridgehead atoms. The van der Waals surface area contributed by atoms with Crippen molar-refractivity contribution in [1.82, 2.24) is 25.5 Å². The van der Waals surface area contributed by atoms with Crippen molar-refractivity contribution in [1.29, 1.82) is 0 Å². The first-order valence-electron chi connectivity index (χ1n) is 11.7. The van der Waals surface area contributed by atoms with Crippen LogP contribution in [0.2, 0.25) is 0 Å². The van der Waals surface area contributed by atoms with Gasteiger partial charge in [0.2, 0.25) is 5.89 Å². The smallest absolute Gasteiger partial charge is 0.270 e. The molecule has 4 N–H and O–H groups in total. The van der Waals surface area contributed by atoms with Gasteiger partial charge in [-0.25, -0.2) is 14.4 Å². The number of halogens is 1. The van der Waals surface area contributed by atoms with Gasteiger partial charge in [-0.3, -0.25) is 0 Å². The van der Waals surface area contributed by atoms with Crippen LogP contribution in [0.25, 0.3) is 34.3 Å². The maximum absolute atomic E-state index is 12.6. The molecule has 4 aromatic rings. The van der Waals surface area contributed by atoms with E-state index in [0.29, 0.717) is 29.1 Å². The lowest BCUT2D eigenvalue weighted by atomic mass is 10.1. The Kier molecular flexibility index (Phi) is 8.63. The minimum Gasteiger partial charge on any atom is -0.414 e. The number of nitrogens with zero attached hydrogens (tertiary/aromatic N) is 4. The zero-order valence-corrected chi connectivity index (χ0v) is 21.0. The first-order valence-corrected chi connectivity index (χ1v) is 12.6. The number of anilines is 1. The van der Waals surface area contributed by atoms with Gasteiger partial charge < -0.3 is 20.6 Å². The van der Waals surface area contributed by atoms with Crippen LogP contribution < -0.4 is 11.1 Å². The van der Waals surface area contributed by atoms with Crippen molar-refractivity contribution in [3.05, 3.63) is 60.3 Å². The zero-order valence-electron chi connectivity index (χ0n) is 20.2. The minimum atomic E-state index is -0.412. The lowest BCUT2D eigenvalue weighted by Crippen LogP contribution is -2.27. The Bertz CT molecular complexity index is 1270. The predicted octanol–water partition coefficient (Wildman–Crippen LogP) is 4.75. The van der Waals surface area contributed by atoms with E-state index in [1.807, 2.05) is 48.5 Å². The quantitative estimate of drug-likeness (QED) is 0.246. The molecule has 0 aliphatic heterocycles. The number of nitrogen functional groups attached to an aromatic ring is 1. The third kappa shape index (κ3) is 6.45. The van der Waals surface area contributed by atoms with Gasteiger partial charge in [-0.15, -0.1) is 22.0 Å². The summed E-state index contributed by atoms with van der Waals surface area (Å²) in [6.07, 6.45) is 2.36. The highest BCUT2D eigenvalue weighted by atomic mass is 32.2. The maximum Gasteiger partial charge on any atom is 0.270 e. The van der Waals surface area contributed by atoms with Crippen molar-refractivity contribution in [2.24, 2.45) is 0 Å². The standard InChI is InChI=1S/C26H29FN6O2S/c1-16(13-27)29-14-18-3-5-20(6-4-18)25-32-33-26(35-25)23-24(28)30-15-22(31-23)19-7-9-21(10-8-19)36-17(2)11-12-34/h3-10,15-17,29,34H,11-14H2,1-2H3,(H2,28,30). The molecule has 2 heterocycles. The first kappa shape index (κ1) is 25.7. The Labute approximate surface area is 213 Å². The normalized spacial score (nSPS) is 13.0. The van der Waals surface area contributed by atoms with Crippen LogP contribution in [0.5, 0.6) is 0 Å². The van der Waals surface area contributed by atoms with Gasteiger partial charge in [-0.1, -0.05) is 31.2 Å². The highest BCUT2D eigenvalue weighted by Crippen LogP contribution is 2.30. The SMILES string of the molecule is CC(CF)NCc1ccc(-c2nnc(-c3nc(-c4ccc(SC(C)CCO)cc4)cnc3N)o2)cc1. The number of aliphatic hydroxyl groups is 1. The van der Waals surface area contributed by atoms with Crippen molar-refractivity contribution >= 4 is 17.6 Å². The molecular weight excluding hydrogens is 479 g/mol. The molecule has 0 saturated heterocycles. The average Bonchev–Trinajstić information content (AvgIpc) is 3.38. The fourth-order valence-electron chi connectivity index (χ4n) is 3.42. The van der Waals surface area contributed by atoms with Gasteiger partial charge in [-0.05, 0) is 43.2 Å². The van der Waals surface area contributed by atoms with Crippen molar-refractivity contribution < 1.29 is 13.9 Å². The summed E-state index contributed by atoms with van der Waals surface area (Å²) in [5.41, 5.74) is 9.70. The number of thioether (sulfide) groups is 1. The highest BCUT2D eigenvalue weighted by molar-refractivity contribution is 7.99. The molecule has 2 aromatic heterocycles. The van der Waals surface area contributed by atoms with E-state index < -0.39 is 6.67 Å². The molecular formula is C26H29FN6O2S. The second-order valence-electron chi connectivity index (χ2n) is 8.50. The summed E-state index contributed by atoms with van der Waals surface area (Å²) < 4.78 is 18.5. The minimum absolute atomic E-state index is 0.178. The van der Waals surface area contributed by atoms with Crippen molar-refractivity contribution in [3.8, 4) is 34.3 Å². The Morgan fingerprint density at radius 2 is 1.72 bits per heavy atom. The van der Waals surface area contributed by atoms with Crippen LogP contribution in [0.3, 0.4) is 0 Å². The topological polar surface area (TPSA) is 123 Å². The zero-order chi connectivity index (χ0) is 25.5.